The molecule has 4 aromatic rings. The smallest absolute Gasteiger partial charge is 0.174 e. The minimum atomic E-state index is -0.0812. The SMILES string of the molecule is Cc1ccc(-n2c(C)cc([C@H]3[C@H](c4ccccn4)NC(=S)N3c3ccc(Br)cc3)c2C)nc1. The molecule has 1 N–H and O–H groups in total. The van der Waals surface area contributed by atoms with Gasteiger partial charge in [-0.2, -0.15) is 0 Å². The topological polar surface area (TPSA) is 46.0 Å². The van der Waals surface area contributed by atoms with Gasteiger partial charge < -0.3 is 14.8 Å². The van der Waals surface area contributed by atoms with Gasteiger partial charge in [0.25, 0.3) is 0 Å². The van der Waals surface area contributed by atoms with E-state index >= 15 is 0 Å². The average molecular weight is 518 g/mol. The Labute approximate surface area is 207 Å². The highest BCUT2D eigenvalue weighted by Gasteiger charge is 2.42. The summed E-state index contributed by atoms with van der Waals surface area (Å²) in [6.45, 7) is 6.33. The molecule has 0 radical (unpaired) electrons. The molecule has 0 amide bonds. The molecule has 5 rings (SSSR count). The van der Waals surface area contributed by atoms with Crippen molar-refractivity contribution in [2.45, 2.75) is 32.9 Å². The first-order chi connectivity index (χ1) is 15.9. The van der Waals surface area contributed by atoms with Crippen LogP contribution in [0.5, 0.6) is 0 Å². The molecule has 166 valence electrons. The predicted octanol–water partition coefficient (Wildman–Crippen LogP) is 6.13. The van der Waals surface area contributed by atoms with Gasteiger partial charge in [0.1, 0.15) is 5.82 Å². The summed E-state index contributed by atoms with van der Waals surface area (Å²) in [7, 11) is 0. The van der Waals surface area contributed by atoms with Crippen LogP contribution in [0.3, 0.4) is 0 Å². The van der Waals surface area contributed by atoms with Crippen LogP contribution in [-0.4, -0.2) is 19.6 Å². The molecule has 0 saturated carbocycles. The van der Waals surface area contributed by atoms with E-state index in [1.807, 2.05) is 36.7 Å². The highest BCUT2D eigenvalue weighted by Crippen LogP contribution is 2.43. The lowest BCUT2D eigenvalue weighted by Gasteiger charge is -2.28. The summed E-state index contributed by atoms with van der Waals surface area (Å²) in [5.74, 6) is 0.917. The van der Waals surface area contributed by atoms with Gasteiger partial charge in [-0.1, -0.05) is 28.1 Å². The molecule has 0 spiro atoms. The molecule has 2 atom stereocenters. The van der Waals surface area contributed by atoms with E-state index in [4.69, 9.17) is 12.2 Å². The zero-order valence-electron chi connectivity index (χ0n) is 18.7. The van der Waals surface area contributed by atoms with E-state index in [0.29, 0.717) is 5.11 Å². The van der Waals surface area contributed by atoms with Crippen molar-refractivity contribution in [2.24, 2.45) is 0 Å². The number of nitrogens with one attached hydrogen (secondary N) is 1. The van der Waals surface area contributed by atoms with Crippen LogP contribution in [0.15, 0.2) is 77.5 Å². The minimum absolute atomic E-state index is 0.0565. The van der Waals surface area contributed by atoms with Crippen molar-refractivity contribution in [2.75, 3.05) is 4.90 Å². The number of anilines is 1. The molecular weight excluding hydrogens is 494 g/mol. The third kappa shape index (κ3) is 3.96. The molecule has 5 nitrogen and oxygen atoms in total. The molecule has 33 heavy (non-hydrogen) atoms. The van der Waals surface area contributed by atoms with Gasteiger partial charge in [0.2, 0.25) is 0 Å². The highest BCUT2D eigenvalue weighted by molar-refractivity contribution is 9.10. The summed E-state index contributed by atoms with van der Waals surface area (Å²) in [5.41, 5.74) is 6.61. The maximum atomic E-state index is 5.86. The Morgan fingerprint density at radius 1 is 0.970 bits per heavy atom. The van der Waals surface area contributed by atoms with Crippen molar-refractivity contribution < 1.29 is 0 Å². The second-order valence-corrected chi connectivity index (χ2v) is 9.63. The van der Waals surface area contributed by atoms with Crippen molar-refractivity contribution in [1.29, 1.82) is 0 Å². The number of halogens is 1. The van der Waals surface area contributed by atoms with E-state index in [0.717, 1.165) is 38.6 Å². The third-order valence-electron chi connectivity index (χ3n) is 6.12. The first kappa shape index (κ1) is 21.8. The summed E-state index contributed by atoms with van der Waals surface area (Å²) < 4.78 is 3.25. The maximum Gasteiger partial charge on any atom is 0.174 e. The van der Waals surface area contributed by atoms with Gasteiger partial charge >= 0.3 is 0 Å². The molecule has 4 heterocycles. The van der Waals surface area contributed by atoms with Crippen LogP contribution >= 0.6 is 28.1 Å². The van der Waals surface area contributed by atoms with E-state index in [9.17, 15) is 0 Å². The van der Waals surface area contributed by atoms with Crippen molar-refractivity contribution in [3.05, 3.63) is 106 Å². The summed E-state index contributed by atoms with van der Waals surface area (Å²) in [4.78, 5) is 11.5. The van der Waals surface area contributed by atoms with Gasteiger partial charge in [0, 0.05) is 33.9 Å². The maximum absolute atomic E-state index is 5.86. The molecular formula is C26H24BrN5S. The molecule has 0 aliphatic carbocycles. The van der Waals surface area contributed by atoms with Crippen LogP contribution in [0, 0.1) is 20.8 Å². The zero-order valence-corrected chi connectivity index (χ0v) is 21.1. The Bertz CT molecular complexity index is 1300. The van der Waals surface area contributed by atoms with Gasteiger partial charge in [-0.15, -0.1) is 0 Å². The van der Waals surface area contributed by atoms with Crippen LogP contribution in [0.25, 0.3) is 5.82 Å². The summed E-state index contributed by atoms with van der Waals surface area (Å²) in [6, 6.07) is 20.6. The zero-order chi connectivity index (χ0) is 23.1. The quantitative estimate of drug-likeness (QED) is 0.329. The van der Waals surface area contributed by atoms with Crippen molar-refractivity contribution in [3.8, 4) is 5.82 Å². The molecule has 0 bridgehead atoms. The Kier molecular flexibility index (Phi) is 5.76. The first-order valence-electron chi connectivity index (χ1n) is 10.8. The molecule has 1 aliphatic rings. The van der Waals surface area contributed by atoms with Gasteiger partial charge in [-0.25, -0.2) is 4.98 Å². The molecule has 3 aromatic heterocycles. The second-order valence-electron chi connectivity index (χ2n) is 8.33. The predicted molar refractivity (Wildman–Crippen MR) is 140 cm³/mol. The van der Waals surface area contributed by atoms with Crippen LogP contribution in [0.2, 0.25) is 0 Å². The van der Waals surface area contributed by atoms with Crippen molar-refractivity contribution in [1.82, 2.24) is 19.9 Å². The number of nitrogens with zero attached hydrogens (tertiary/aromatic N) is 4. The van der Waals surface area contributed by atoms with E-state index in [-0.39, 0.29) is 12.1 Å². The van der Waals surface area contributed by atoms with Crippen LogP contribution in [0.1, 0.15) is 40.3 Å². The standard InChI is InChI=1S/C26H24BrN5S/c1-16-7-12-23(29-15-16)31-17(2)14-21(18(31)3)25-24(22-6-4-5-13-28-22)30-26(33)32(25)20-10-8-19(27)9-11-20/h4-15,24-25H,1-3H3,(H,30,33)/t24-,25-/m0/s1. The van der Waals surface area contributed by atoms with Gasteiger partial charge in [-0.3, -0.25) is 4.98 Å². The van der Waals surface area contributed by atoms with Gasteiger partial charge in [0.05, 0.1) is 17.8 Å². The van der Waals surface area contributed by atoms with E-state index < -0.39 is 0 Å². The number of aromatic nitrogens is 3. The fraction of sp³-hybridized carbons (Fsp3) is 0.192. The Hall–Kier alpha value is -3.03. The van der Waals surface area contributed by atoms with Crippen molar-refractivity contribution >= 4 is 38.9 Å². The molecule has 7 heteroatoms. The molecule has 0 unspecified atom stereocenters. The van der Waals surface area contributed by atoms with E-state index in [2.05, 4.69) is 97.9 Å². The van der Waals surface area contributed by atoms with Gasteiger partial charge in [0.15, 0.2) is 5.11 Å². The van der Waals surface area contributed by atoms with Crippen molar-refractivity contribution in [3.63, 3.8) is 0 Å². The molecule has 1 aliphatic heterocycles. The second kappa shape index (κ2) is 8.72. The number of pyridine rings is 2. The lowest BCUT2D eigenvalue weighted by molar-refractivity contribution is 0.565. The Morgan fingerprint density at radius 3 is 2.42 bits per heavy atom. The van der Waals surface area contributed by atoms with E-state index in [1.165, 1.54) is 5.56 Å². The average Bonchev–Trinajstić information content (AvgIpc) is 3.31. The molecule has 1 fully saturated rings. The number of hydrogen-bond donors (Lipinski definition) is 1. The first-order valence-corrected chi connectivity index (χ1v) is 12.0. The minimum Gasteiger partial charge on any atom is -0.351 e. The largest absolute Gasteiger partial charge is 0.351 e. The third-order valence-corrected chi connectivity index (χ3v) is 6.96. The fourth-order valence-corrected chi connectivity index (χ4v) is 5.19. The molecule has 1 saturated heterocycles. The summed E-state index contributed by atoms with van der Waals surface area (Å²) in [6.07, 6.45) is 3.74. The highest BCUT2D eigenvalue weighted by atomic mass is 79.9. The Balaban J connectivity index is 1.67. The number of hydrogen-bond acceptors (Lipinski definition) is 3. The fourth-order valence-electron chi connectivity index (χ4n) is 4.58. The lowest BCUT2D eigenvalue weighted by atomic mass is 9.96. The number of thiocarbonyl (C=S) groups is 1. The number of rotatable bonds is 4. The van der Waals surface area contributed by atoms with Crippen LogP contribution in [-0.2, 0) is 0 Å². The summed E-state index contributed by atoms with van der Waals surface area (Å²) >= 11 is 9.40. The van der Waals surface area contributed by atoms with Crippen LogP contribution in [0.4, 0.5) is 5.69 Å². The Morgan fingerprint density at radius 2 is 1.76 bits per heavy atom. The number of aryl methyl sites for hydroxylation is 2. The summed E-state index contributed by atoms with van der Waals surface area (Å²) in [5, 5.41) is 4.23. The number of benzene rings is 1. The monoisotopic (exact) mass is 517 g/mol. The van der Waals surface area contributed by atoms with Crippen LogP contribution < -0.4 is 10.2 Å². The molecule has 1 aromatic carbocycles. The normalized spacial score (nSPS) is 17.9. The van der Waals surface area contributed by atoms with Gasteiger partial charge in [-0.05, 0) is 92.6 Å². The van der Waals surface area contributed by atoms with E-state index in [1.54, 1.807) is 0 Å². The lowest BCUT2D eigenvalue weighted by Crippen LogP contribution is -2.29.